The Bertz CT molecular complexity index is 661. The normalized spacial score (nSPS) is 10.1. The molecule has 1 heterocycles. The molecule has 0 spiro atoms. The van der Waals surface area contributed by atoms with Gasteiger partial charge in [0.2, 0.25) is 0 Å². The Morgan fingerprint density at radius 2 is 2.15 bits per heavy atom. The van der Waals surface area contributed by atoms with E-state index in [0.29, 0.717) is 22.4 Å². The first-order valence-corrected chi connectivity index (χ1v) is 6.82. The van der Waals surface area contributed by atoms with Gasteiger partial charge >= 0.3 is 0 Å². The van der Waals surface area contributed by atoms with Crippen LogP contribution in [-0.4, -0.2) is 9.97 Å². The third kappa shape index (κ3) is 3.25. The van der Waals surface area contributed by atoms with Crippen molar-refractivity contribution in [2.45, 2.75) is 26.7 Å². The van der Waals surface area contributed by atoms with E-state index in [1.165, 1.54) is 0 Å². The van der Waals surface area contributed by atoms with Gasteiger partial charge in [0, 0.05) is 12.5 Å². The molecule has 0 unspecified atom stereocenters. The molecule has 0 aliphatic rings. The summed E-state index contributed by atoms with van der Waals surface area (Å²) in [5, 5.41) is 12.8. The van der Waals surface area contributed by atoms with Crippen LogP contribution in [0.15, 0.2) is 24.3 Å². The van der Waals surface area contributed by atoms with E-state index in [0.717, 1.165) is 24.1 Å². The largest absolute Gasteiger partial charge is 0.339 e. The highest BCUT2D eigenvalue weighted by molar-refractivity contribution is 6.29. The second-order valence-electron chi connectivity index (χ2n) is 4.48. The van der Waals surface area contributed by atoms with Crippen LogP contribution in [0.2, 0.25) is 5.15 Å². The molecule has 0 aliphatic heterocycles. The Labute approximate surface area is 123 Å². The highest BCUT2D eigenvalue weighted by atomic mass is 35.5. The van der Waals surface area contributed by atoms with Crippen molar-refractivity contribution in [1.29, 1.82) is 5.26 Å². The van der Waals surface area contributed by atoms with Gasteiger partial charge < -0.3 is 5.32 Å². The molecule has 102 valence electrons. The van der Waals surface area contributed by atoms with E-state index in [1.807, 2.05) is 25.1 Å². The lowest BCUT2D eigenvalue weighted by Crippen LogP contribution is -2.02. The molecule has 0 bridgehead atoms. The zero-order valence-electron chi connectivity index (χ0n) is 11.4. The van der Waals surface area contributed by atoms with Gasteiger partial charge in [0.25, 0.3) is 0 Å². The summed E-state index contributed by atoms with van der Waals surface area (Å²) in [6.45, 7) is 3.96. The number of aryl methyl sites for hydroxylation is 2. The quantitative estimate of drug-likeness (QED) is 0.863. The van der Waals surface area contributed by atoms with Crippen molar-refractivity contribution in [3.05, 3.63) is 46.4 Å². The fourth-order valence-electron chi connectivity index (χ4n) is 1.92. The number of nitriles is 1. The molecule has 1 N–H and O–H groups in total. The fraction of sp³-hybridized carbons (Fsp3) is 0.267. The van der Waals surface area contributed by atoms with Crippen molar-refractivity contribution < 1.29 is 0 Å². The summed E-state index contributed by atoms with van der Waals surface area (Å²) in [5.41, 5.74) is 2.26. The van der Waals surface area contributed by atoms with E-state index in [4.69, 9.17) is 11.6 Å². The monoisotopic (exact) mass is 286 g/mol. The van der Waals surface area contributed by atoms with Gasteiger partial charge in [-0.25, -0.2) is 9.97 Å². The lowest BCUT2D eigenvalue weighted by molar-refractivity contribution is 0.837. The molecule has 2 rings (SSSR count). The molecule has 1 aromatic carbocycles. The first-order chi connectivity index (χ1) is 9.63. The number of nitrogens with zero attached hydrogens (tertiary/aromatic N) is 3. The third-order valence-corrected chi connectivity index (χ3v) is 3.06. The summed E-state index contributed by atoms with van der Waals surface area (Å²) >= 11 is 6.00. The number of anilines is 2. The van der Waals surface area contributed by atoms with E-state index in [2.05, 4.69) is 28.3 Å². The molecule has 0 saturated carbocycles. The number of benzene rings is 1. The Morgan fingerprint density at radius 1 is 1.35 bits per heavy atom. The van der Waals surface area contributed by atoms with E-state index < -0.39 is 0 Å². The summed E-state index contributed by atoms with van der Waals surface area (Å²) < 4.78 is 0. The Hall–Kier alpha value is -2.12. The van der Waals surface area contributed by atoms with E-state index in [9.17, 15) is 5.26 Å². The number of nitrogens with one attached hydrogen (secondary N) is 1. The molecular formula is C15H15ClN4. The lowest BCUT2D eigenvalue weighted by Gasteiger charge is -2.10. The van der Waals surface area contributed by atoms with Crippen molar-refractivity contribution in [1.82, 2.24) is 9.97 Å². The standard InChI is InChI=1S/C15H15ClN4/c1-3-5-14-19-13(16)8-15(20-14)18-12-7-4-6-10(2)11(12)9-17/h4,6-8H,3,5H2,1-2H3,(H,18,19,20). The van der Waals surface area contributed by atoms with Crippen LogP contribution >= 0.6 is 11.6 Å². The average molecular weight is 287 g/mol. The second-order valence-corrected chi connectivity index (χ2v) is 4.86. The molecule has 5 heteroatoms. The molecule has 4 nitrogen and oxygen atoms in total. The molecule has 0 amide bonds. The molecule has 20 heavy (non-hydrogen) atoms. The molecule has 2 aromatic rings. The van der Waals surface area contributed by atoms with Crippen LogP contribution in [0, 0.1) is 18.3 Å². The van der Waals surface area contributed by atoms with Gasteiger partial charge in [0.1, 0.15) is 22.9 Å². The fourth-order valence-corrected chi connectivity index (χ4v) is 2.12. The number of aromatic nitrogens is 2. The molecule has 0 saturated heterocycles. The third-order valence-electron chi connectivity index (χ3n) is 2.86. The predicted octanol–water partition coefficient (Wildman–Crippen LogP) is 4.01. The maximum atomic E-state index is 9.22. The predicted molar refractivity (Wildman–Crippen MR) is 80.2 cm³/mol. The highest BCUT2D eigenvalue weighted by Crippen LogP contribution is 2.23. The van der Waals surface area contributed by atoms with Crippen molar-refractivity contribution in [3.8, 4) is 6.07 Å². The van der Waals surface area contributed by atoms with E-state index >= 15 is 0 Å². The minimum atomic E-state index is 0.400. The molecule has 0 radical (unpaired) electrons. The summed E-state index contributed by atoms with van der Waals surface area (Å²) in [7, 11) is 0. The Morgan fingerprint density at radius 3 is 2.85 bits per heavy atom. The first kappa shape index (κ1) is 14.3. The van der Waals surface area contributed by atoms with Gasteiger partial charge in [-0.3, -0.25) is 0 Å². The lowest BCUT2D eigenvalue weighted by atomic mass is 10.1. The maximum Gasteiger partial charge on any atom is 0.135 e. The number of hydrogen-bond donors (Lipinski definition) is 1. The van der Waals surface area contributed by atoms with Crippen molar-refractivity contribution in [2.75, 3.05) is 5.32 Å². The minimum Gasteiger partial charge on any atom is -0.339 e. The molecule has 0 atom stereocenters. The van der Waals surface area contributed by atoms with Gasteiger partial charge in [-0.2, -0.15) is 5.26 Å². The van der Waals surface area contributed by atoms with Crippen molar-refractivity contribution in [3.63, 3.8) is 0 Å². The van der Waals surface area contributed by atoms with Crippen LogP contribution in [0.4, 0.5) is 11.5 Å². The highest BCUT2D eigenvalue weighted by Gasteiger charge is 2.08. The molecular weight excluding hydrogens is 272 g/mol. The van der Waals surface area contributed by atoms with Crippen molar-refractivity contribution >= 4 is 23.1 Å². The minimum absolute atomic E-state index is 0.400. The number of halogens is 1. The molecule has 0 fully saturated rings. The Kier molecular flexibility index (Phi) is 4.54. The van der Waals surface area contributed by atoms with Gasteiger partial charge in [0.05, 0.1) is 11.3 Å². The van der Waals surface area contributed by atoms with Gasteiger partial charge in [-0.1, -0.05) is 30.7 Å². The summed E-state index contributed by atoms with van der Waals surface area (Å²) in [5.74, 6) is 1.31. The van der Waals surface area contributed by atoms with Gasteiger partial charge in [-0.15, -0.1) is 0 Å². The van der Waals surface area contributed by atoms with Crippen LogP contribution < -0.4 is 5.32 Å². The summed E-state index contributed by atoms with van der Waals surface area (Å²) in [4.78, 5) is 8.58. The summed E-state index contributed by atoms with van der Waals surface area (Å²) in [6, 6.07) is 9.50. The van der Waals surface area contributed by atoms with Crippen LogP contribution in [0.1, 0.15) is 30.3 Å². The van der Waals surface area contributed by atoms with Crippen LogP contribution in [0.5, 0.6) is 0 Å². The maximum absolute atomic E-state index is 9.22. The van der Waals surface area contributed by atoms with Crippen LogP contribution in [-0.2, 0) is 6.42 Å². The molecule has 1 aromatic heterocycles. The van der Waals surface area contributed by atoms with E-state index in [1.54, 1.807) is 6.07 Å². The van der Waals surface area contributed by atoms with E-state index in [-0.39, 0.29) is 0 Å². The Balaban J connectivity index is 2.35. The number of rotatable bonds is 4. The van der Waals surface area contributed by atoms with Gasteiger partial charge in [-0.05, 0) is 25.0 Å². The number of hydrogen-bond acceptors (Lipinski definition) is 4. The summed E-state index contributed by atoms with van der Waals surface area (Å²) in [6.07, 6.45) is 1.72. The van der Waals surface area contributed by atoms with Crippen LogP contribution in [0.25, 0.3) is 0 Å². The van der Waals surface area contributed by atoms with Crippen LogP contribution in [0.3, 0.4) is 0 Å². The second kappa shape index (κ2) is 6.36. The average Bonchev–Trinajstić information content (AvgIpc) is 2.38. The zero-order chi connectivity index (χ0) is 14.5. The molecule has 0 aliphatic carbocycles. The smallest absolute Gasteiger partial charge is 0.135 e. The SMILES string of the molecule is CCCc1nc(Cl)cc(Nc2cccc(C)c2C#N)n1. The topological polar surface area (TPSA) is 61.6 Å². The zero-order valence-corrected chi connectivity index (χ0v) is 12.2. The van der Waals surface area contributed by atoms with Crippen molar-refractivity contribution in [2.24, 2.45) is 0 Å². The first-order valence-electron chi connectivity index (χ1n) is 6.44. The van der Waals surface area contributed by atoms with Gasteiger partial charge in [0.15, 0.2) is 0 Å².